The van der Waals surface area contributed by atoms with Gasteiger partial charge < -0.3 is 9.47 Å². The van der Waals surface area contributed by atoms with Crippen LogP contribution < -0.4 is 14.9 Å². The Balaban J connectivity index is 2.07. The number of ether oxygens (including phenoxy) is 2. The fourth-order valence-corrected chi connectivity index (χ4v) is 2.44. The van der Waals surface area contributed by atoms with Crippen molar-refractivity contribution in [3.63, 3.8) is 0 Å². The largest absolute Gasteiger partial charge is 0.497 e. The number of halogens is 2. The third-order valence-corrected chi connectivity index (χ3v) is 3.43. The first-order valence-electron chi connectivity index (χ1n) is 7.08. The van der Waals surface area contributed by atoms with E-state index in [1.165, 1.54) is 0 Å². The Labute approximate surface area is 146 Å². The highest BCUT2D eigenvalue weighted by atomic mass is 35.5. The molecule has 0 aliphatic rings. The zero-order chi connectivity index (χ0) is 16.8. The van der Waals surface area contributed by atoms with Crippen molar-refractivity contribution >= 4 is 35.1 Å². The fourth-order valence-electron chi connectivity index (χ4n) is 1.85. The standard InChI is InChI=1S/C17H18Cl2N2O2/c1-11(2)23-17-15(18)8-12(9-16(17)19)10-20-21-13-4-6-14(22-3)7-5-13/h4-11,21H,1-3H3/b20-10+. The van der Waals surface area contributed by atoms with Crippen molar-refractivity contribution in [3.8, 4) is 11.5 Å². The number of nitrogens with zero attached hydrogens (tertiary/aromatic N) is 1. The van der Waals surface area contributed by atoms with Gasteiger partial charge in [-0.3, -0.25) is 5.43 Å². The first-order valence-corrected chi connectivity index (χ1v) is 7.84. The number of nitrogens with one attached hydrogen (secondary N) is 1. The van der Waals surface area contributed by atoms with Crippen molar-refractivity contribution < 1.29 is 9.47 Å². The molecule has 6 heteroatoms. The average molecular weight is 353 g/mol. The molecule has 0 unspecified atom stereocenters. The Morgan fingerprint density at radius 2 is 1.70 bits per heavy atom. The summed E-state index contributed by atoms with van der Waals surface area (Å²) in [5, 5.41) is 5.08. The molecule has 1 N–H and O–H groups in total. The van der Waals surface area contributed by atoms with Crippen LogP contribution in [0.5, 0.6) is 11.5 Å². The normalized spacial score (nSPS) is 11.0. The molecule has 0 saturated carbocycles. The van der Waals surface area contributed by atoms with Crippen LogP contribution in [0.4, 0.5) is 5.69 Å². The van der Waals surface area contributed by atoms with Gasteiger partial charge >= 0.3 is 0 Å². The van der Waals surface area contributed by atoms with Crippen molar-refractivity contribution in [3.05, 3.63) is 52.0 Å². The van der Waals surface area contributed by atoms with E-state index in [0.29, 0.717) is 15.8 Å². The Morgan fingerprint density at radius 3 is 2.22 bits per heavy atom. The van der Waals surface area contributed by atoms with E-state index in [2.05, 4.69) is 10.5 Å². The molecule has 0 radical (unpaired) electrons. The van der Waals surface area contributed by atoms with Gasteiger partial charge in [0.05, 0.1) is 35.2 Å². The van der Waals surface area contributed by atoms with Crippen LogP contribution >= 0.6 is 23.2 Å². The maximum absolute atomic E-state index is 6.20. The van der Waals surface area contributed by atoms with E-state index in [9.17, 15) is 0 Å². The number of hydrazone groups is 1. The second-order valence-electron chi connectivity index (χ2n) is 5.08. The second-order valence-corrected chi connectivity index (χ2v) is 5.89. The van der Waals surface area contributed by atoms with Gasteiger partial charge in [-0.2, -0.15) is 5.10 Å². The van der Waals surface area contributed by atoms with E-state index in [1.54, 1.807) is 25.5 Å². The minimum atomic E-state index is 0.00116. The van der Waals surface area contributed by atoms with Crippen LogP contribution in [0, 0.1) is 0 Å². The lowest BCUT2D eigenvalue weighted by atomic mass is 10.2. The van der Waals surface area contributed by atoms with Gasteiger partial charge in [-0.25, -0.2) is 0 Å². The number of rotatable bonds is 6. The fraction of sp³-hybridized carbons (Fsp3) is 0.235. The lowest BCUT2D eigenvalue weighted by Crippen LogP contribution is -2.06. The lowest BCUT2D eigenvalue weighted by Gasteiger charge is -2.13. The maximum atomic E-state index is 6.20. The average Bonchev–Trinajstić information content (AvgIpc) is 2.51. The molecule has 0 bridgehead atoms. The number of benzene rings is 2. The Kier molecular flexibility index (Phi) is 6.13. The third kappa shape index (κ3) is 5.05. The highest BCUT2D eigenvalue weighted by Gasteiger charge is 2.10. The van der Waals surface area contributed by atoms with Gasteiger partial charge in [0.15, 0.2) is 5.75 Å². The summed E-state index contributed by atoms with van der Waals surface area (Å²) in [5.74, 6) is 1.28. The van der Waals surface area contributed by atoms with Crippen LogP contribution in [-0.4, -0.2) is 19.4 Å². The Hall–Kier alpha value is -1.91. The SMILES string of the molecule is COc1ccc(N/N=C/c2cc(Cl)c(OC(C)C)c(Cl)c2)cc1. The number of hydrogen-bond donors (Lipinski definition) is 1. The van der Waals surface area contributed by atoms with Crippen LogP contribution in [-0.2, 0) is 0 Å². The van der Waals surface area contributed by atoms with Crippen LogP contribution in [0.2, 0.25) is 10.0 Å². The Bertz CT molecular complexity index is 662. The molecule has 0 aromatic heterocycles. The molecular formula is C17H18Cl2N2O2. The van der Waals surface area contributed by atoms with E-state index in [-0.39, 0.29) is 6.10 Å². The summed E-state index contributed by atoms with van der Waals surface area (Å²) in [5.41, 5.74) is 4.55. The minimum absolute atomic E-state index is 0.00116. The Morgan fingerprint density at radius 1 is 1.09 bits per heavy atom. The second kappa shape index (κ2) is 8.09. The van der Waals surface area contributed by atoms with Gasteiger partial charge in [0.2, 0.25) is 0 Å². The molecule has 0 amide bonds. The van der Waals surface area contributed by atoms with E-state index >= 15 is 0 Å². The molecule has 2 aromatic carbocycles. The van der Waals surface area contributed by atoms with Gasteiger partial charge in [0, 0.05) is 0 Å². The molecule has 4 nitrogen and oxygen atoms in total. The predicted octanol–water partition coefficient (Wildman–Crippen LogP) is 5.24. The molecular weight excluding hydrogens is 335 g/mol. The number of methoxy groups -OCH3 is 1. The van der Waals surface area contributed by atoms with Crippen molar-refractivity contribution in [1.82, 2.24) is 0 Å². The van der Waals surface area contributed by atoms with Crippen molar-refractivity contribution in [2.24, 2.45) is 5.10 Å². The molecule has 23 heavy (non-hydrogen) atoms. The third-order valence-electron chi connectivity index (χ3n) is 2.87. The van der Waals surface area contributed by atoms with E-state index in [0.717, 1.165) is 17.0 Å². The van der Waals surface area contributed by atoms with Crippen molar-refractivity contribution in [2.45, 2.75) is 20.0 Å². The topological polar surface area (TPSA) is 42.8 Å². The van der Waals surface area contributed by atoms with Crippen LogP contribution in [0.3, 0.4) is 0 Å². The highest BCUT2D eigenvalue weighted by Crippen LogP contribution is 2.34. The summed E-state index contributed by atoms with van der Waals surface area (Å²) < 4.78 is 10.7. The molecule has 0 saturated heterocycles. The van der Waals surface area contributed by atoms with Crippen molar-refractivity contribution in [2.75, 3.05) is 12.5 Å². The molecule has 0 spiro atoms. The molecule has 0 atom stereocenters. The quantitative estimate of drug-likeness (QED) is 0.571. The zero-order valence-corrected chi connectivity index (χ0v) is 14.7. The molecule has 0 fully saturated rings. The molecule has 2 rings (SSSR count). The molecule has 0 aliphatic carbocycles. The van der Waals surface area contributed by atoms with Crippen LogP contribution in [0.1, 0.15) is 19.4 Å². The summed E-state index contributed by atoms with van der Waals surface area (Å²) >= 11 is 12.4. The summed E-state index contributed by atoms with van der Waals surface area (Å²) in [6.45, 7) is 3.83. The minimum Gasteiger partial charge on any atom is -0.497 e. The zero-order valence-electron chi connectivity index (χ0n) is 13.1. The smallest absolute Gasteiger partial charge is 0.156 e. The van der Waals surface area contributed by atoms with Gasteiger partial charge in [0.1, 0.15) is 5.75 Å². The van der Waals surface area contributed by atoms with Gasteiger partial charge in [0.25, 0.3) is 0 Å². The number of hydrogen-bond acceptors (Lipinski definition) is 4. The highest BCUT2D eigenvalue weighted by molar-refractivity contribution is 6.37. The first-order chi connectivity index (χ1) is 11.0. The van der Waals surface area contributed by atoms with Gasteiger partial charge in [-0.15, -0.1) is 0 Å². The molecule has 122 valence electrons. The van der Waals surface area contributed by atoms with Crippen molar-refractivity contribution in [1.29, 1.82) is 0 Å². The molecule has 0 heterocycles. The van der Waals surface area contributed by atoms with E-state index < -0.39 is 0 Å². The summed E-state index contributed by atoms with van der Waals surface area (Å²) in [4.78, 5) is 0. The van der Waals surface area contributed by atoms with E-state index in [4.69, 9.17) is 32.7 Å². The first kappa shape index (κ1) is 17.4. The number of anilines is 1. The van der Waals surface area contributed by atoms with Gasteiger partial charge in [-0.05, 0) is 55.8 Å². The summed E-state index contributed by atoms with van der Waals surface area (Å²) in [7, 11) is 1.63. The predicted molar refractivity (Wildman–Crippen MR) is 96.4 cm³/mol. The lowest BCUT2D eigenvalue weighted by molar-refractivity contribution is 0.243. The van der Waals surface area contributed by atoms with Gasteiger partial charge in [-0.1, -0.05) is 23.2 Å². The van der Waals surface area contributed by atoms with Crippen LogP contribution in [0.15, 0.2) is 41.5 Å². The maximum Gasteiger partial charge on any atom is 0.156 e. The molecule has 2 aromatic rings. The van der Waals surface area contributed by atoms with E-state index in [1.807, 2.05) is 38.1 Å². The molecule has 0 aliphatic heterocycles. The van der Waals surface area contributed by atoms with Crippen LogP contribution in [0.25, 0.3) is 0 Å². The summed E-state index contributed by atoms with van der Waals surface area (Å²) in [6.07, 6.45) is 1.64. The monoisotopic (exact) mass is 352 g/mol. The summed E-state index contributed by atoms with van der Waals surface area (Å²) in [6, 6.07) is 11.0.